The lowest BCUT2D eigenvalue weighted by Gasteiger charge is -2.30. The van der Waals surface area contributed by atoms with E-state index in [0.717, 1.165) is 5.57 Å². The van der Waals surface area contributed by atoms with Gasteiger partial charge in [-0.15, -0.1) is 0 Å². The molecule has 0 aliphatic heterocycles. The smallest absolute Gasteiger partial charge is 0.256 e. The van der Waals surface area contributed by atoms with Gasteiger partial charge in [-0.2, -0.15) is 0 Å². The van der Waals surface area contributed by atoms with Crippen LogP contribution in [0.4, 0.5) is 0 Å². The minimum atomic E-state index is -1.10. The molecule has 0 saturated carbocycles. The fourth-order valence-electron chi connectivity index (χ4n) is 2.40. The van der Waals surface area contributed by atoms with Gasteiger partial charge in [0.25, 0.3) is 5.91 Å². The Morgan fingerprint density at radius 2 is 2.08 bits per heavy atom. The number of benzene rings is 1. The number of methoxy groups -OCH3 is 1. The van der Waals surface area contributed by atoms with Crippen molar-refractivity contribution in [1.82, 2.24) is 4.90 Å². The second-order valence-electron chi connectivity index (χ2n) is 5.74. The van der Waals surface area contributed by atoms with E-state index < -0.39 is 10.6 Å². The number of carbonyl (C=O) groups is 1. The zero-order valence-corrected chi connectivity index (χ0v) is 15.5. The molecule has 1 aliphatic carbocycles. The van der Waals surface area contributed by atoms with Gasteiger partial charge in [0.2, 0.25) is 0 Å². The Kier molecular flexibility index (Phi) is 7.32. The third-order valence-electron chi connectivity index (χ3n) is 3.75. The number of hydrogen-bond acceptors (Lipinski definition) is 4. The van der Waals surface area contributed by atoms with Crippen molar-refractivity contribution in [3.05, 3.63) is 54.1 Å². The molecule has 1 amide bonds. The molecule has 2 rings (SSSR count). The van der Waals surface area contributed by atoms with E-state index in [1.807, 2.05) is 42.5 Å². The fraction of sp³-hybridized carbons (Fsp3) is 0.389. The molecular weight excluding hydrogens is 363 g/mol. The highest BCUT2D eigenvalue weighted by atomic mass is 35.5. The fourth-order valence-corrected chi connectivity index (χ4v) is 2.68. The molecule has 1 unspecified atom stereocenters. The minimum absolute atomic E-state index is 0.347. The molecule has 136 valence electrons. The second kappa shape index (κ2) is 9.25. The number of para-hydroxylation sites is 1. The van der Waals surface area contributed by atoms with Gasteiger partial charge < -0.3 is 14.4 Å². The molecule has 25 heavy (non-hydrogen) atoms. The molecule has 0 spiro atoms. The third kappa shape index (κ3) is 6.04. The Labute approximate surface area is 158 Å². The van der Waals surface area contributed by atoms with Crippen molar-refractivity contribution in [2.24, 2.45) is 5.73 Å². The topological polar surface area (TPSA) is 64.8 Å². The third-order valence-corrected chi connectivity index (χ3v) is 4.12. The van der Waals surface area contributed by atoms with E-state index in [-0.39, 0.29) is 5.91 Å². The predicted molar refractivity (Wildman–Crippen MR) is 99.8 cm³/mol. The summed E-state index contributed by atoms with van der Waals surface area (Å²) in [6.07, 6.45) is 6.10. The van der Waals surface area contributed by atoms with E-state index in [4.69, 9.17) is 38.4 Å². The molecule has 1 aliphatic rings. The Bertz CT molecular complexity index is 634. The van der Waals surface area contributed by atoms with Crippen molar-refractivity contribution in [3.63, 3.8) is 0 Å². The summed E-state index contributed by atoms with van der Waals surface area (Å²) in [6.45, 7) is 1.20. The van der Waals surface area contributed by atoms with Gasteiger partial charge >= 0.3 is 0 Å². The molecule has 0 bridgehead atoms. The molecular formula is C18H22Cl2N2O3. The van der Waals surface area contributed by atoms with Crippen LogP contribution in [0.3, 0.4) is 0 Å². The van der Waals surface area contributed by atoms with E-state index in [1.54, 1.807) is 18.1 Å². The van der Waals surface area contributed by atoms with Gasteiger partial charge in [0, 0.05) is 26.6 Å². The van der Waals surface area contributed by atoms with E-state index in [2.05, 4.69) is 0 Å². The molecule has 5 nitrogen and oxygen atoms in total. The van der Waals surface area contributed by atoms with E-state index in [1.165, 1.54) is 0 Å². The van der Waals surface area contributed by atoms with Crippen LogP contribution < -0.4 is 10.5 Å². The first-order valence-electron chi connectivity index (χ1n) is 7.90. The summed E-state index contributed by atoms with van der Waals surface area (Å²) >= 11 is 11.4. The molecule has 2 N–H and O–H groups in total. The Morgan fingerprint density at radius 1 is 1.36 bits per heavy atom. The normalized spacial score (nSPS) is 19.6. The number of rotatable bonds is 8. The summed E-state index contributed by atoms with van der Waals surface area (Å²) in [5, 5.41) is 0. The summed E-state index contributed by atoms with van der Waals surface area (Å²) < 4.78 is 10.9. The number of nitrogens with two attached hydrogens (primary N) is 1. The molecule has 7 heteroatoms. The summed E-state index contributed by atoms with van der Waals surface area (Å²) in [6, 6.07) is 9.40. The Balaban J connectivity index is 1.99. The highest BCUT2D eigenvalue weighted by molar-refractivity contribution is 6.53. The van der Waals surface area contributed by atoms with Crippen LogP contribution in [0.1, 0.15) is 6.42 Å². The van der Waals surface area contributed by atoms with Crippen molar-refractivity contribution in [2.45, 2.75) is 17.0 Å². The monoisotopic (exact) mass is 384 g/mol. The van der Waals surface area contributed by atoms with Gasteiger partial charge in [-0.3, -0.25) is 10.5 Å². The zero-order valence-electron chi connectivity index (χ0n) is 14.0. The van der Waals surface area contributed by atoms with E-state index in [9.17, 15) is 4.79 Å². The Morgan fingerprint density at radius 3 is 2.64 bits per heavy atom. The van der Waals surface area contributed by atoms with Crippen molar-refractivity contribution in [2.75, 3.05) is 26.8 Å². The van der Waals surface area contributed by atoms with Gasteiger partial charge in [0.1, 0.15) is 5.75 Å². The Hall–Kier alpha value is -1.53. The van der Waals surface area contributed by atoms with Crippen LogP contribution in [-0.4, -0.2) is 48.2 Å². The average Bonchev–Trinajstić information content (AvgIpc) is 2.60. The van der Waals surface area contributed by atoms with E-state index >= 15 is 0 Å². The highest BCUT2D eigenvalue weighted by Crippen LogP contribution is 2.24. The zero-order chi connectivity index (χ0) is 18.3. The molecule has 0 fully saturated rings. The van der Waals surface area contributed by atoms with Crippen molar-refractivity contribution in [1.29, 1.82) is 0 Å². The summed E-state index contributed by atoms with van der Waals surface area (Å²) in [7, 11) is 1.57. The largest absolute Gasteiger partial charge is 0.469 e. The second-order valence-corrected chi connectivity index (χ2v) is 6.84. The van der Waals surface area contributed by atoms with Crippen LogP contribution in [0.2, 0.25) is 0 Å². The average molecular weight is 385 g/mol. The molecule has 0 radical (unpaired) electrons. The lowest BCUT2D eigenvalue weighted by atomic mass is 9.99. The minimum Gasteiger partial charge on any atom is -0.469 e. The first kappa shape index (κ1) is 19.8. The number of nitrogens with zero attached hydrogens (tertiary/aromatic N) is 1. The van der Waals surface area contributed by atoms with Crippen molar-refractivity contribution < 1.29 is 14.3 Å². The van der Waals surface area contributed by atoms with E-state index in [0.29, 0.717) is 31.9 Å². The maximum Gasteiger partial charge on any atom is 0.256 e. The summed E-state index contributed by atoms with van der Waals surface area (Å²) in [4.78, 5) is 12.6. The molecule has 1 aromatic carbocycles. The predicted octanol–water partition coefficient (Wildman–Crippen LogP) is 2.89. The van der Waals surface area contributed by atoms with Gasteiger partial charge in [-0.25, -0.2) is 0 Å². The molecule has 1 aromatic rings. The van der Waals surface area contributed by atoms with Crippen LogP contribution in [0.25, 0.3) is 0 Å². The van der Waals surface area contributed by atoms with Gasteiger partial charge in [-0.05, 0) is 23.8 Å². The molecule has 0 saturated heterocycles. The number of ether oxygens (including phenoxy) is 2. The van der Waals surface area contributed by atoms with Crippen molar-refractivity contribution >= 4 is 29.1 Å². The maximum atomic E-state index is 12.1. The lowest BCUT2D eigenvalue weighted by molar-refractivity contribution is -0.129. The number of hydrogen-bond donors (Lipinski definition) is 1. The van der Waals surface area contributed by atoms with Crippen LogP contribution in [0.5, 0.6) is 5.75 Å². The van der Waals surface area contributed by atoms with Crippen LogP contribution in [-0.2, 0) is 9.53 Å². The van der Waals surface area contributed by atoms with Gasteiger partial charge in [0.05, 0.1) is 6.61 Å². The number of carbonyl (C=O) groups excluding carboxylic acids is 1. The standard InChI is InChI=1S/C18H22Cl2N2O3/c1-24-12-11-22(17(23)16(19)20)13-14-7-9-18(21,10-8-14)25-15-5-3-2-4-6-15/h2-9,16H,10-13,21H2,1H3. The molecule has 0 heterocycles. The SMILES string of the molecule is COCCN(CC1=CCC(N)(Oc2ccccc2)C=C1)C(=O)C(Cl)Cl. The first-order chi connectivity index (χ1) is 11.9. The summed E-state index contributed by atoms with van der Waals surface area (Å²) in [5.41, 5.74) is 6.31. The van der Waals surface area contributed by atoms with Crippen LogP contribution in [0, 0.1) is 0 Å². The number of alkyl halides is 2. The number of halogens is 2. The van der Waals surface area contributed by atoms with Gasteiger partial charge in [0.15, 0.2) is 10.6 Å². The van der Waals surface area contributed by atoms with Crippen LogP contribution >= 0.6 is 23.2 Å². The molecule has 0 aromatic heterocycles. The first-order valence-corrected chi connectivity index (χ1v) is 8.78. The lowest BCUT2D eigenvalue weighted by Crippen LogP contribution is -2.45. The van der Waals surface area contributed by atoms with Gasteiger partial charge in [-0.1, -0.05) is 53.6 Å². The summed E-state index contributed by atoms with van der Waals surface area (Å²) in [5.74, 6) is 0.357. The number of amides is 1. The van der Waals surface area contributed by atoms with Crippen LogP contribution in [0.15, 0.2) is 54.1 Å². The quantitative estimate of drug-likeness (QED) is 0.552. The molecule has 1 atom stereocenters. The highest BCUT2D eigenvalue weighted by Gasteiger charge is 2.27. The maximum absolute atomic E-state index is 12.1. The van der Waals surface area contributed by atoms with Crippen molar-refractivity contribution in [3.8, 4) is 5.75 Å².